The number of hydrogen-bond acceptors (Lipinski definition) is 1. The van der Waals surface area contributed by atoms with Crippen LogP contribution >= 0.6 is 0 Å². The summed E-state index contributed by atoms with van der Waals surface area (Å²) < 4.78 is 26.7. The van der Waals surface area contributed by atoms with E-state index < -0.39 is 17.0 Å². The second kappa shape index (κ2) is 3.02. The summed E-state index contributed by atoms with van der Waals surface area (Å²) >= 11 is 0. The minimum absolute atomic E-state index is 0.105. The number of aryl methyl sites for hydroxylation is 1. The first-order chi connectivity index (χ1) is 6.59. The molecule has 1 aromatic carbocycles. The molecule has 0 aromatic heterocycles. The van der Waals surface area contributed by atoms with Crippen molar-refractivity contribution in [2.24, 2.45) is 0 Å². The van der Waals surface area contributed by atoms with Gasteiger partial charge >= 0.3 is 0 Å². The molecule has 2 rings (SSSR count). The van der Waals surface area contributed by atoms with Gasteiger partial charge in [0.05, 0.1) is 6.61 Å². The standard InChI is InChI=1S/C11H12F2O/c1-7-4-10(13)8(5-9(7)12)11(6-14)2-3-11/h4-5,14H,2-3,6H2,1H3. The predicted octanol–water partition coefficient (Wildman–Crippen LogP) is 2.30. The molecule has 0 aliphatic heterocycles. The number of rotatable bonds is 2. The first-order valence-electron chi connectivity index (χ1n) is 4.66. The highest BCUT2D eigenvalue weighted by Gasteiger charge is 2.45. The van der Waals surface area contributed by atoms with Crippen molar-refractivity contribution in [1.82, 2.24) is 0 Å². The Morgan fingerprint density at radius 2 is 1.93 bits per heavy atom. The maximum absolute atomic E-state index is 13.5. The quantitative estimate of drug-likeness (QED) is 0.773. The molecule has 1 saturated carbocycles. The Hall–Kier alpha value is -0.960. The summed E-state index contributed by atoms with van der Waals surface area (Å²) in [5, 5.41) is 9.11. The Morgan fingerprint density at radius 3 is 2.43 bits per heavy atom. The van der Waals surface area contributed by atoms with Crippen molar-refractivity contribution in [3.63, 3.8) is 0 Å². The van der Waals surface area contributed by atoms with E-state index in [1.54, 1.807) is 0 Å². The second-order valence-electron chi connectivity index (χ2n) is 4.02. The van der Waals surface area contributed by atoms with Gasteiger partial charge < -0.3 is 5.11 Å². The van der Waals surface area contributed by atoms with E-state index in [9.17, 15) is 8.78 Å². The molecule has 1 aromatic rings. The molecule has 3 heteroatoms. The molecule has 76 valence electrons. The summed E-state index contributed by atoms with van der Waals surface area (Å²) in [6, 6.07) is 2.41. The molecule has 0 atom stereocenters. The van der Waals surface area contributed by atoms with Gasteiger partial charge in [-0.05, 0) is 43.0 Å². The van der Waals surface area contributed by atoms with Crippen LogP contribution in [0.5, 0.6) is 0 Å². The van der Waals surface area contributed by atoms with Gasteiger partial charge in [-0.2, -0.15) is 0 Å². The summed E-state index contributed by atoms with van der Waals surface area (Å²) in [5.74, 6) is -0.809. The average molecular weight is 198 g/mol. The Morgan fingerprint density at radius 1 is 1.29 bits per heavy atom. The van der Waals surface area contributed by atoms with Gasteiger partial charge in [-0.1, -0.05) is 0 Å². The molecule has 1 nitrogen and oxygen atoms in total. The lowest BCUT2D eigenvalue weighted by atomic mass is 9.95. The highest BCUT2D eigenvalue weighted by atomic mass is 19.1. The number of hydrogen-bond donors (Lipinski definition) is 1. The van der Waals surface area contributed by atoms with Crippen LogP contribution in [0.25, 0.3) is 0 Å². The van der Waals surface area contributed by atoms with Crippen LogP contribution < -0.4 is 0 Å². The van der Waals surface area contributed by atoms with Gasteiger partial charge in [0.1, 0.15) is 11.6 Å². The molecule has 0 amide bonds. The van der Waals surface area contributed by atoms with E-state index in [0.29, 0.717) is 11.1 Å². The van der Waals surface area contributed by atoms with Crippen LogP contribution in [0.1, 0.15) is 24.0 Å². The molecule has 1 N–H and O–H groups in total. The van der Waals surface area contributed by atoms with Crippen LogP contribution in [-0.2, 0) is 5.41 Å². The molecule has 1 fully saturated rings. The fourth-order valence-electron chi connectivity index (χ4n) is 1.72. The first-order valence-corrected chi connectivity index (χ1v) is 4.66. The maximum Gasteiger partial charge on any atom is 0.127 e. The largest absolute Gasteiger partial charge is 0.395 e. The van der Waals surface area contributed by atoms with E-state index in [4.69, 9.17) is 5.11 Å². The van der Waals surface area contributed by atoms with E-state index in [2.05, 4.69) is 0 Å². The highest BCUT2D eigenvalue weighted by Crippen LogP contribution is 2.48. The van der Waals surface area contributed by atoms with E-state index in [1.165, 1.54) is 19.1 Å². The lowest BCUT2D eigenvalue weighted by molar-refractivity contribution is 0.251. The van der Waals surface area contributed by atoms with Crippen molar-refractivity contribution in [3.05, 3.63) is 34.9 Å². The van der Waals surface area contributed by atoms with Gasteiger partial charge in [0.25, 0.3) is 0 Å². The molecule has 0 bridgehead atoms. The first kappa shape index (κ1) is 9.59. The third-order valence-electron chi connectivity index (χ3n) is 2.98. The van der Waals surface area contributed by atoms with Gasteiger partial charge in [-0.3, -0.25) is 0 Å². The third kappa shape index (κ3) is 1.32. The zero-order chi connectivity index (χ0) is 10.3. The Bertz CT molecular complexity index is 370. The van der Waals surface area contributed by atoms with Crippen molar-refractivity contribution < 1.29 is 13.9 Å². The van der Waals surface area contributed by atoms with Crippen LogP contribution in [0.2, 0.25) is 0 Å². The predicted molar refractivity (Wildman–Crippen MR) is 49.1 cm³/mol. The van der Waals surface area contributed by atoms with Gasteiger partial charge in [0, 0.05) is 5.41 Å². The number of aliphatic hydroxyl groups is 1. The van der Waals surface area contributed by atoms with Crippen LogP contribution in [0.3, 0.4) is 0 Å². The Balaban J connectivity index is 2.49. The van der Waals surface area contributed by atoms with Crippen molar-refractivity contribution >= 4 is 0 Å². The van der Waals surface area contributed by atoms with E-state index in [0.717, 1.165) is 12.8 Å². The third-order valence-corrected chi connectivity index (χ3v) is 2.98. The Kier molecular flexibility index (Phi) is 2.07. The van der Waals surface area contributed by atoms with Crippen molar-refractivity contribution in [2.45, 2.75) is 25.2 Å². The van der Waals surface area contributed by atoms with E-state index in [1.807, 2.05) is 0 Å². The molecule has 0 radical (unpaired) electrons. The average Bonchev–Trinajstić information content (AvgIpc) is 2.92. The van der Waals surface area contributed by atoms with Gasteiger partial charge in [-0.15, -0.1) is 0 Å². The summed E-state index contributed by atoms with van der Waals surface area (Å²) in [5.41, 5.74) is 0.126. The highest BCUT2D eigenvalue weighted by molar-refractivity contribution is 5.35. The molecule has 0 heterocycles. The molecular formula is C11H12F2O. The second-order valence-corrected chi connectivity index (χ2v) is 4.02. The minimum atomic E-state index is -0.501. The summed E-state index contributed by atoms with van der Waals surface area (Å²) in [7, 11) is 0. The van der Waals surface area contributed by atoms with Crippen LogP contribution in [0, 0.1) is 18.6 Å². The summed E-state index contributed by atoms with van der Waals surface area (Å²) in [6.45, 7) is 1.42. The van der Waals surface area contributed by atoms with Crippen molar-refractivity contribution in [3.8, 4) is 0 Å². The Labute approximate surface area is 81.4 Å². The van der Waals surface area contributed by atoms with E-state index >= 15 is 0 Å². The zero-order valence-corrected chi connectivity index (χ0v) is 7.98. The SMILES string of the molecule is Cc1cc(F)c(C2(CO)CC2)cc1F. The monoisotopic (exact) mass is 198 g/mol. The zero-order valence-electron chi connectivity index (χ0n) is 7.98. The molecule has 0 spiro atoms. The maximum atomic E-state index is 13.5. The lowest BCUT2D eigenvalue weighted by Crippen LogP contribution is -2.14. The molecule has 1 aliphatic carbocycles. The summed E-state index contributed by atoms with van der Waals surface area (Å²) in [6.07, 6.45) is 1.48. The van der Waals surface area contributed by atoms with Crippen LogP contribution in [-0.4, -0.2) is 11.7 Å². The fourth-order valence-corrected chi connectivity index (χ4v) is 1.72. The molecule has 0 unspecified atom stereocenters. The molecule has 1 aliphatic rings. The topological polar surface area (TPSA) is 20.2 Å². The molecule has 0 saturated heterocycles. The normalized spacial score (nSPS) is 18.3. The molecule has 14 heavy (non-hydrogen) atoms. The number of aliphatic hydroxyl groups excluding tert-OH is 1. The van der Waals surface area contributed by atoms with Crippen molar-refractivity contribution in [1.29, 1.82) is 0 Å². The fraction of sp³-hybridized carbons (Fsp3) is 0.455. The van der Waals surface area contributed by atoms with Gasteiger partial charge in [-0.25, -0.2) is 8.78 Å². The number of benzene rings is 1. The smallest absolute Gasteiger partial charge is 0.127 e. The summed E-state index contributed by atoms with van der Waals surface area (Å²) in [4.78, 5) is 0. The van der Waals surface area contributed by atoms with Gasteiger partial charge in [0.15, 0.2) is 0 Å². The lowest BCUT2D eigenvalue weighted by Gasteiger charge is -2.13. The minimum Gasteiger partial charge on any atom is -0.395 e. The van der Waals surface area contributed by atoms with Gasteiger partial charge in [0.2, 0.25) is 0 Å². The van der Waals surface area contributed by atoms with Crippen LogP contribution in [0.4, 0.5) is 8.78 Å². The van der Waals surface area contributed by atoms with Crippen LogP contribution in [0.15, 0.2) is 12.1 Å². The van der Waals surface area contributed by atoms with Crippen molar-refractivity contribution in [2.75, 3.05) is 6.61 Å². The van der Waals surface area contributed by atoms with E-state index in [-0.39, 0.29) is 6.61 Å². The molecular weight excluding hydrogens is 186 g/mol. The number of halogens is 2.